The molecule has 206 valence electrons. The zero-order valence-electron chi connectivity index (χ0n) is 22.2. The molecule has 1 aliphatic heterocycles. The highest BCUT2D eigenvalue weighted by atomic mass is 35.5. The van der Waals surface area contributed by atoms with Crippen molar-refractivity contribution in [2.24, 2.45) is 0 Å². The number of benzene rings is 2. The van der Waals surface area contributed by atoms with Crippen LogP contribution in [0, 0.1) is 10.1 Å². The van der Waals surface area contributed by atoms with Gasteiger partial charge in [0.1, 0.15) is 11.4 Å². The number of rotatable bonds is 11. The quantitative estimate of drug-likeness (QED) is 0.209. The summed E-state index contributed by atoms with van der Waals surface area (Å²) in [5.74, 6) is 0.472. The fourth-order valence-electron chi connectivity index (χ4n) is 4.69. The number of nitrogens with zero attached hydrogens (tertiary/aromatic N) is 5. The predicted molar refractivity (Wildman–Crippen MR) is 157 cm³/mol. The van der Waals surface area contributed by atoms with E-state index in [-0.39, 0.29) is 28.9 Å². The maximum atomic E-state index is 13.9. The first-order chi connectivity index (χ1) is 17.9. The SMILES string of the molecule is CCOc1ccc2nc(N(CCN(CC)CC)C(=O)c3ccc(N4CCCCC4)c([N+](=O)[O-])c3)sc2c1.Cl. The van der Waals surface area contributed by atoms with Gasteiger partial charge in [0.2, 0.25) is 0 Å². The number of amides is 1. The molecule has 0 unspecified atom stereocenters. The number of nitro groups is 1. The molecule has 9 nitrogen and oxygen atoms in total. The van der Waals surface area contributed by atoms with Crippen LogP contribution in [-0.4, -0.2) is 66.6 Å². The van der Waals surface area contributed by atoms with E-state index in [1.165, 1.54) is 17.4 Å². The number of ether oxygens (including phenoxy) is 1. The summed E-state index contributed by atoms with van der Waals surface area (Å²) in [7, 11) is 0. The van der Waals surface area contributed by atoms with Gasteiger partial charge in [-0.1, -0.05) is 25.2 Å². The molecule has 1 amide bonds. The number of thiazole rings is 1. The Bertz CT molecular complexity index is 1240. The lowest BCUT2D eigenvalue weighted by Gasteiger charge is -2.28. The molecule has 0 radical (unpaired) electrons. The van der Waals surface area contributed by atoms with Crippen LogP contribution in [0.3, 0.4) is 0 Å². The summed E-state index contributed by atoms with van der Waals surface area (Å²) in [4.78, 5) is 36.2. The van der Waals surface area contributed by atoms with Crippen LogP contribution in [0.15, 0.2) is 36.4 Å². The number of anilines is 2. The number of nitro benzene ring substituents is 1. The minimum atomic E-state index is -0.381. The van der Waals surface area contributed by atoms with Crippen molar-refractivity contribution in [3.8, 4) is 5.75 Å². The third kappa shape index (κ3) is 6.73. The average Bonchev–Trinajstić information content (AvgIpc) is 3.34. The van der Waals surface area contributed by atoms with Crippen LogP contribution in [0.1, 0.15) is 50.4 Å². The largest absolute Gasteiger partial charge is 0.494 e. The van der Waals surface area contributed by atoms with Gasteiger partial charge in [-0.05, 0) is 69.6 Å². The molecule has 1 saturated heterocycles. The van der Waals surface area contributed by atoms with Crippen molar-refractivity contribution in [2.75, 3.05) is 55.7 Å². The molecule has 0 aliphatic carbocycles. The summed E-state index contributed by atoms with van der Waals surface area (Å²) in [5.41, 5.74) is 1.64. The van der Waals surface area contributed by atoms with Crippen molar-refractivity contribution in [1.29, 1.82) is 0 Å². The predicted octanol–water partition coefficient (Wildman–Crippen LogP) is 6.00. The summed E-state index contributed by atoms with van der Waals surface area (Å²) in [5, 5.41) is 12.6. The number of aromatic nitrogens is 1. The monoisotopic (exact) mass is 561 g/mol. The number of carbonyl (C=O) groups excluding carboxylic acids is 1. The first kappa shape index (κ1) is 29.6. The van der Waals surface area contributed by atoms with E-state index in [9.17, 15) is 14.9 Å². The lowest BCUT2D eigenvalue weighted by molar-refractivity contribution is -0.384. The summed E-state index contributed by atoms with van der Waals surface area (Å²) in [6.07, 6.45) is 3.16. The highest BCUT2D eigenvalue weighted by Gasteiger charge is 2.27. The van der Waals surface area contributed by atoms with E-state index in [1.807, 2.05) is 25.1 Å². The minimum absolute atomic E-state index is 0. The molecular formula is C27H36ClN5O4S. The Morgan fingerprint density at radius 2 is 1.82 bits per heavy atom. The van der Waals surface area contributed by atoms with Crippen LogP contribution in [0.4, 0.5) is 16.5 Å². The number of hydrogen-bond acceptors (Lipinski definition) is 8. The van der Waals surface area contributed by atoms with Crippen molar-refractivity contribution < 1.29 is 14.5 Å². The Hall–Kier alpha value is -2.95. The van der Waals surface area contributed by atoms with E-state index < -0.39 is 0 Å². The topological polar surface area (TPSA) is 92.1 Å². The lowest BCUT2D eigenvalue weighted by Crippen LogP contribution is -2.39. The highest BCUT2D eigenvalue weighted by molar-refractivity contribution is 7.22. The Morgan fingerprint density at radius 3 is 2.47 bits per heavy atom. The van der Waals surface area contributed by atoms with E-state index in [0.717, 1.165) is 61.4 Å². The Kier molecular flexibility index (Phi) is 10.7. The lowest BCUT2D eigenvalue weighted by atomic mass is 10.1. The number of likely N-dealkylation sites (N-methyl/N-ethyl adjacent to an activating group) is 1. The summed E-state index contributed by atoms with van der Waals surface area (Å²) in [6.45, 7) is 11.1. The third-order valence-corrected chi connectivity index (χ3v) is 7.83. The standard InChI is InChI=1S/C27H35N5O4S.ClH/c1-4-29(5-2)16-17-31(27-28-22-12-11-21(36-6-3)19-25(22)37-27)26(33)20-10-13-23(24(18-20)32(34)35)30-14-8-7-9-15-30;/h10-13,18-19H,4-9,14-17H2,1-3H3;1H. The van der Waals surface area contributed by atoms with Gasteiger partial charge in [-0.3, -0.25) is 19.8 Å². The van der Waals surface area contributed by atoms with E-state index >= 15 is 0 Å². The second-order valence-electron chi connectivity index (χ2n) is 9.05. The van der Waals surface area contributed by atoms with Gasteiger partial charge in [0.15, 0.2) is 5.13 Å². The molecule has 2 heterocycles. The first-order valence-corrected chi connectivity index (χ1v) is 13.9. The van der Waals surface area contributed by atoms with Gasteiger partial charge in [0.05, 0.1) is 21.7 Å². The second kappa shape index (κ2) is 13.7. The zero-order valence-corrected chi connectivity index (χ0v) is 23.9. The number of fused-ring (bicyclic) bond motifs is 1. The van der Waals surface area contributed by atoms with Gasteiger partial charge >= 0.3 is 0 Å². The van der Waals surface area contributed by atoms with Crippen LogP contribution in [0.25, 0.3) is 10.2 Å². The van der Waals surface area contributed by atoms with Crippen molar-refractivity contribution in [1.82, 2.24) is 9.88 Å². The molecule has 11 heteroatoms. The molecule has 38 heavy (non-hydrogen) atoms. The van der Waals surface area contributed by atoms with Crippen molar-refractivity contribution in [3.05, 3.63) is 52.1 Å². The molecule has 0 atom stereocenters. The third-order valence-electron chi connectivity index (χ3n) is 6.79. The van der Waals surface area contributed by atoms with Gasteiger partial charge in [-0.2, -0.15) is 0 Å². The molecule has 1 fully saturated rings. The van der Waals surface area contributed by atoms with E-state index in [1.54, 1.807) is 17.0 Å². The molecule has 2 aromatic carbocycles. The van der Waals surface area contributed by atoms with Crippen LogP contribution in [0.5, 0.6) is 5.75 Å². The van der Waals surface area contributed by atoms with Crippen LogP contribution in [0.2, 0.25) is 0 Å². The van der Waals surface area contributed by atoms with Crippen molar-refractivity contribution >= 4 is 56.4 Å². The van der Waals surface area contributed by atoms with Crippen molar-refractivity contribution in [2.45, 2.75) is 40.0 Å². The zero-order chi connectivity index (χ0) is 26.4. The number of hydrogen-bond donors (Lipinski definition) is 0. The fraction of sp³-hybridized carbons (Fsp3) is 0.481. The van der Waals surface area contributed by atoms with Gasteiger partial charge < -0.3 is 14.5 Å². The van der Waals surface area contributed by atoms with Gasteiger partial charge in [-0.15, -0.1) is 12.4 Å². The average molecular weight is 562 g/mol. The Balaban J connectivity index is 0.00000400. The fourth-order valence-corrected chi connectivity index (χ4v) is 5.71. The molecule has 0 N–H and O–H groups in total. The number of carbonyl (C=O) groups is 1. The maximum absolute atomic E-state index is 13.9. The Morgan fingerprint density at radius 1 is 1.08 bits per heavy atom. The Labute approximate surface area is 233 Å². The molecule has 3 aromatic rings. The van der Waals surface area contributed by atoms with Crippen LogP contribution >= 0.6 is 23.7 Å². The maximum Gasteiger partial charge on any atom is 0.293 e. The van der Waals surface area contributed by atoms with Crippen LogP contribution in [-0.2, 0) is 0 Å². The highest BCUT2D eigenvalue weighted by Crippen LogP contribution is 2.35. The summed E-state index contributed by atoms with van der Waals surface area (Å²) < 4.78 is 6.55. The molecule has 0 bridgehead atoms. The minimum Gasteiger partial charge on any atom is -0.494 e. The summed E-state index contributed by atoms with van der Waals surface area (Å²) in [6, 6.07) is 10.6. The van der Waals surface area contributed by atoms with E-state index in [2.05, 4.69) is 23.6 Å². The molecule has 1 aromatic heterocycles. The number of halogens is 1. The van der Waals surface area contributed by atoms with Gasteiger partial charge in [0, 0.05) is 37.8 Å². The molecule has 0 saturated carbocycles. The number of piperidine rings is 1. The van der Waals surface area contributed by atoms with E-state index in [0.29, 0.717) is 36.1 Å². The first-order valence-electron chi connectivity index (χ1n) is 13.1. The van der Waals surface area contributed by atoms with E-state index in [4.69, 9.17) is 9.72 Å². The smallest absolute Gasteiger partial charge is 0.293 e. The van der Waals surface area contributed by atoms with Crippen molar-refractivity contribution in [3.63, 3.8) is 0 Å². The second-order valence-corrected chi connectivity index (χ2v) is 10.1. The molecular weight excluding hydrogens is 526 g/mol. The molecule has 1 aliphatic rings. The van der Waals surface area contributed by atoms with Gasteiger partial charge in [0.25, 0.3) is 11.6 Å². The van der Waals surface area contributed by atoms with Gasteiger partial charge in [-0.25, -0.2) is 4.98 Å². The van der Waals surface area contributed by atoms with Crippen LogP contribution < -0.4 is 14.5 Å². The molecule has 4 rings (SSSR count). The molecule has 0 spiro atoms. The summed E-state index contributed by atoms with van der Waals surface area (Å²) >= 11 is 1.42. The normalized spacial score (nSPS) is 13.4.